The summed E-state index contributed by atoms with van der Waals surface area (Å²) in [4.78, 5) is 7.52. The fraction of sp³-hybridized carbons (Fsp3) is 0.579. The van der Waals surface area contributed by atoms with Crippen molar-refractivity contribution < 1.29 is 9.94 Å². The number of oxime groups is 1. The highest BCUT2D eigenvalue weighted by atomic mass is 16.6. The van der Waals surface area contributed by atoms with Gasteiger partial charge >= 0.3 is 0 Å². The minimum atomic E-state index is -0.334. The van der Waals surface area contributed by atoms with Gasteiger partial charge in [-0.25, -0.2) is 0 Å². The predicted molar refractivity (Wildman–Crippen MR) is 99.2 cm³/mol. The van der Waals surface area contributed by atoms with Gasteiger partial charge < -0.3 is 20.6 Å². The highest BCUT2D eigenvalue weighted by molar-refractivity contribution is 5.97. The van der Waals surface area contributed by atoms with Crippen LogP contribution in [-0.2, 0) is 4.84 Å². The lowest BCUT2D eigenvalue weighted by Crippen LogP contribution is -2.35. The average molecular weight is 344 g/mol. The summed E-state index contributed by atoms with van der Waals surface area (Å²) in [5.74, 6) is 0.347. The van der Waals surface area contributed by atoms with Crippen LogP contribution >= 0.6 is 0 Å². The molecule has 0 aliphatic carbocycles. The summed E-state index contributed by atoms with van der Waals surface area (Å²) in [7, 11) is 0. The number of nitrogens with zero attached hydrogens (tertiary/aromatic N) is 3. The maximum absolute atomic E-state index is 9.58. The summed E-state index contributed by atoms with van der Waals surface area (Å²) in [6, 6.07) is 10.2. The zero-order valence-electron chi connectivity index (χ0n) is 15.1. The van der Waals surface area contributed by atoms with Crippen LogP contribution in [0.2, 0.25) is 0 Å². The zero-order valence-corrected chi connectivity index (χ0v) is 15.1. The number of aliphatic hydroxyl groups excluding tert-OH is 1. The van der Waals surface area contributed by atoms with E-state index in [-0.39, 0.29) is 11.5 Å². The van der Waals surface area contributed by atoms with E-state index in [2.05, 4.69) is 16.1 Å². The van der Waals surface area contributed by atoms with Crippen LogP contribution < -0.4 is 10.6 Å². The molecule has 1 aliphatic heterocycles. The van der Waals surface area contributed by atoms with E-state index in [1.54, 1.807) is 0 Å². The van der Waals surface area contributed by atoms with Crippen LogP contribution in [0.4, 0.5) is 5.69 Å². The summed E-state index contributed by atoms with van der Waals surface area (Å²) in [6.07, 6.45) is 2.97. The first-order valence-corrected chi connectivity index (χ1v) is 8.81. The molecule has 0 amide bonds. The molecule has 1 saturated heterocycles. The molecule has 0 aromatic heterocycles. The number of amidine groups is 1. The molecule has 2 rings (SSSR count). The number of hydrogen-bond acceptors (Lipinski definition) is 5. The van der Waals surface area contributed by atoms with Gasteiger partial charge in [0.25, 0.3) is 0 Å². The van der Waals surface area contributed by atoms with E-state index < -0.39 is 0 Å². The Labute approximate surface area is 149 Å². The summed E-state index contributed by atoms with van der Waals surface area (Å²) < 4.78 is 0. The van der Waals surface area contributed by atoms with Crippen LogP contribution in [0.1, 0.15) is 45.1 Å². The second kappa shape index (κ2) is 8.72. The Morgan fingerprint density at radius 3 is 2.60 bits per heavy atom. The highest BCUT2D eigenvalue weighted by Gasteiger charge is 2.17. The number of rotatable bonds is 7. The first-order valence-electron chi connectivity index (χ1n) is 8.81. The van der Waals surface area contributed by atoms with Gasteiger partial charge in [-0.05, 0) is 63.8 Å². The van der Waals surface area contributed by atoms with E-state index in [1.807, 2.05) is 38.1 Å². The Balaban J connectivity index is 1.81. The predicted octanol–water partition coefficient (Wildman–Crippen LogP) is 2.61. The van der Waals surface area contributed by atoms with Crippen molar-refractivity contribution in [3.8, 4) is 6.07 Å². The summed E-state index contributed by atoms with van der Waals surface area (Å²) >= 11 is 0. The quantitative estimate of drug-likeness (QED) is 0.343. The van der Waals surface area contributed by atoms with Crippen molar-refractivity contribution >= 4 is 11.5 Å². The maximum Gasteiger partial charge on any atom is 0.170 e. The molecule has 1 aromatic rings. The SMILES string of the molecule is CC(C)(C#N)CCCO/N=C(/N)c1ccc(N2CCC(O)CC2)cc1. The topological polar surface area (TPSA) is 94.9 Å². The van der Waals surface area contributed by atoms with Gasteiger partial charge in [-0.2, -0.15) is 5.26 Å². The number of anilines is 1. The fourth-order valence-electron chi connectivity index (χ4n) is 2.77. The van der Waals surface area contributed by atoms with Gasteiger partial charge in [0.05, 0.1) is 17.6 Å². The van der Waals surface area contributed by atoms with Gasteiger partial charge in [-0.15, -0.1) is 0 Å². The van der Waals surface area contributed by atoms with Crippen LogP contribution in [0.3, 0.4) is 0 Å². The monoisotopic (exact) mass is 344 g/mol. The normalized spacial score (nSPS) is 16.6. The molecule has 0 spiro atoms. The minimum absolute atomic E-state index is 0.172. The molecule has 0 unspecified atom stereocenters. The van der Waals surface area contributed by atoms with E-state index in [4.69, 9.17) is 15.8 Å². The number of nitriles is 1. The van der Waals surface area contributed by atoms with Crippen molar-refractivity contribution in [3.63, 3.8) is 0 Å². The van der Waals surface area contributed by atoms with E-state index in [9.17, 15) is 5.11 Å². The third-order valence-corrected chi connectivity index (χ3v) is 4.50. The number of hydrogen-bond donors (Lipinski definition) is 2. The molecule has 6 nitrogen and oxygen atoms in total. The molecular formula is C19H28N4O2. The van der Waals surface area contributed by atoms with Gasteiger partial charge in [-0.1, -0.05) is 5.16 Å². The molecule has 136 valence electrons. The van der Waals surface area contributed by atoms with Crippen molar-refractivity contribution in [3.05, 3.63) is 29.8 Å². The van der Waals surface area contributed by atoms with Crippen molar-refractivity contribution in [1.29, 1.82) is 5.26 Å². The molecule has 0 bridgehead atoms. The molecule has 0 radical (unpaired) electrons. The largest absolute Gasteiger partial charge is 0.394 e. The lowest BCUT2D eigenvalue weighted by atomic mass is 9.90. The zero-order chi connectivity index (χ0) is 18.3. The molecule has 1 heterocycles. The van der Waals surface area contributed by atoms with Gasteiger partial charge in [0.1, 0.15) is 6.61 Å². The minimum Gasteiger partial charge on any atom is -0.394 e. The molecule has 1 aromatic carbocycles. The van der Waals surface area contributed by atoms with Gasteiger partial charge in [0.2, 0.25) is 0 Å². The molecule has 1 fully saturated rings. The Kier molecular flexibility index (Phi) is 6.65. The molecule has 0 atom stereocenters. The molecule has 6 heteroatoms. The summed E-state index contributed by atoms with van der Waals surface area (Å²) in [6.45, 7) is 6.00. The van der Waals surface area contributed by atoms with E-state index >= 15 is 0 Å². The van der Waals surface area contributed by atoms with Crippen LogP contribution in [0.15, 0.2) is 29.4 Å². The number of benzene rings is 1. The fourth-order valence-corrected chi connectivity index (χ4v) is 2.77. The second-order valence-electron chi connectivity index (χ2n) is 7.17. The smallest absolute Gasteiger partial charge is 0.170 e. The van der Waals surface area contributed by atoms with Crippen molar-refractivity contribution in [2.45, 2.75) is 45.6 Å². The van der Waals surface area contributed by atoms with Crippen LogP contribution in [0.25, 0.3) is 0 Å². The van der Waals surface area contributed by atoms with Crippen molar-refractivity contribution in [2.24, 2.45) is 16.3 Å². The number of piperidine rings is 1. The van der Waals surface area contributed by atoms with Crippen LogP contribution in [-0.4, -0.2) is 36.7 Å². The number of nitrogens with two attached hydrogens (primary N) is 1. The molecular weight excluding hydrogens is 316 g/mol. The van der Waals surface area contributed by atoms with Crippen LogP contribution in [0.5, 0.6) is 0 Å². The van der Waals surface area contributed by atoms with Crippen LogP contribution in [0, 0.1) is 16.7 Å². The first kappa shape index (κ1) is 19.1. The lowest BCUT2D eigenvalue weighted by molar-refractivity contribution is 0.134. The Morgan fingerprint density at radius 2 is 2.00 bits per heavy atom. The van der Waals surface area contributed by atoms with Gasteiger partial charge in [0.15, 0.2) is 5.84 Å². The molecule has 3 N–H and O–H groups in total. The van der Waals surface area contributed by atoms with E-state index in [1.165, 1.54) is 0 Å². The first-order chi connectivity index (χ1) is 11.9. The maximum atomic E-state index is 9.58. The van der Waals surface area contributed by atoms with Crippen molar-refractivity contribution in [2.75, 3.05) is 24.6 Å². The Hall–Kier alpha value is -2.26. The van der Waals surface area contributed by atoms with E-state index in [0.29, 0.717) is 12.4 Å². The third kappa shape index (κ3) is 5.95. The summed E-state index contributed by atoms with van der Waals surface area (Å²) in [5, 5.41) is 22.5. The summed E-state index contributed by atoms with van der Waals surface area (Å²) in [5.41, 5.74) is 7.57. The molecule has 1 aliphatic rings. The van der Waals surface area contributed by atoms with Gasteiger partial charge in [-0.3, -0.25) is 0 Å². The molecule has 25 heavy (non-hydrogen) atoms. The standard InChI is InChI=1S/C19H28N4O2/c1-19(2,14-20)10-3-13-25-22-18(21)15-4-6-16(7-5-15)23-11-8-17(24)9-12-23/h4-7,17,24H,3,8-13H2,1-2H3,(H2,21,22). The average Bonchev–Trinajstić information content (AvgIpc) is 2.62. The Morgan fingerprint density at radius 1 is 1.36 bits per heavy atom. The second-order valence-corrected chi connectivity index (χ2v) is 7.17. The Bertz CT molecular complexity index is 611. The van der Waals surface area contributed by atoms with Gasteiger partial charge in [0, 0.05) is 24.3 Å². The van der Waals surface area contributed by atoms with E-state index in [0.717, 1.165) is 50.0 Å². The third-order valence-electron chi connectivity index (χ3n) is 4.50. The highest BCUT2D eigenvalue weighted by Crippen LogP contribution is 2.21. The molecule has 0 saturated carbocycles. The number of aliphatic hydroxyl groups is 1. The van der Waals surface area contributed by atoms with Crippen molar-refractivity contribution in [1.82, 2.24) is 0 Å². The lowest BCUT2D eigenvalue weighted by Gasteiger charge is -2.31.